The lowest BCUT2D eigenvalue weighted by atomic mass is 10.1. The van der Waals surface area contributed by atoms with E-state index in [0.717, 1.165) is 22.4 Å². The minimum absolute atomic E-state index is 0.0274. The van der Waals surface area contributed by atoms with Gasteiger partial charge < -0.3 is 0 Å². The Morgan fingerprint density at radius 1 is 1.41 bits per heavy atom. The van der Waals surface area contributed by atoms with Crippen LogP contribution in [0.25, 0.3) is 6.08 Å². The largest absolute Gasteiger partial charge is 0.289 e. The number of fused-ring (bicyclic) bond motifs is 1. The van der Waals surface area contributed by atoms with E-state index in [-0.39, 0.29) is 11.7 Å². The summed E-state index contributed by atoms with van der Waals surface area (Å²) in [5, 5.41) is 2.55. The molecule has 1 aliphatic rings. The third-order valence-electron chi connectivity index (χ3n) is 3.69. The topological polar surface area (TPSA) is 50.3 Å². The van der Waals surface area contributed by atoms with Gasteiger partial charge in [-0.3, -0.25) is 14.5 Å². The summed E-state index contributed by atoms with van der Waals surface area (Å²) in [4.78, 5) is 30.0. The molecule has 0 saturated heterocycles. The highest BCUT2D eigenvalue weighted by Crippen LogP contribution is 2.29. The van der Waals surface area contributed by atoms with Crippen molar-refractivity contribution in [3.8, 4) is 0 Å². The second-order valence-corrected chi connectivity index (χ2v) is 5.99. The molecule has 1 aromatic carbocycles. The SMILES string of the molecule is CCN(C(C)=O)c1nc(/C=C2\Cc3ccccc3C2=O)cs1. The number of hydrogen-bond donors (Lipinski definition) is 0. The smallest absolute Gasteiger partial charge is 0.225 e. The molecule has 1 aliphatic carbocycles. The molecule has 0 atom stereocenters. The molecule has 0 radical (unpaired) electrons. The Balaban J connectivity index is 1.87. The van der Waals surface area contributed by atoms with Gasteiger partial charge in [-0.2, -0.15) is 0 Å². The maximum atomic E-state index is 12.3. The second kappa shape index (κ2) is 5.85. The Hall–Kier alpha value is -2.27. The van der Waals surface area contributed by atoms with Crippen molar-refractivity contribution in [1.82, 2.24) is 4.98 Å². The number of ketones is 1. The normalized spacial score (nSPS) is 15.2. The van der Waals surface area contributed by atoms with Crippen LogP contribution >= 0.6 is 11.3 Å². The van der Waals surface area contributed by atoms with E-state index in [9.17, 15) is 9.59 Å². The first-order valence-electron chi connectivity index (χ1n) is 7.17. The van der Waals surface area contributed by atoms with Gasteiger partial charge in [0.1, 0.15) is 0 Å². The number of carbonyl (C=O) groups excluding carboxylic acids is 2. The van der Waals surface area contributed by atoms with Crippen molar-refractivity contribution in [2.45, 2.75) is 20.3 Å². The third kappa shape index (κ3) is 2.60. The number of thiazole rings is 1. The Labute approximate surface area is 133 Å². The Morgan fingerprint density at radius 3 is 2.86 bits per heavy atom. The third-order valence-corrected chi connectivity index (χ3v) is 4.58. The molecule has 112 valence electrons. The highest BCUT2D eigenvalue weighted by atomic mass is 32.1. The van der Waals surface area contributed by atoms with E-state index < -0.39 is 0 Å². The minimum Gasteiger partial charge on any atom is -0.289 e. The number of rotatable bonds is 3. The molecule has 1 aromatic heterocycles. The first-order chi connectivity index (χ1) is 10.6. The zero-order valence-corrected chi connectivity index (χ0v) is 13.3. The fourth-order valence-corrected chi connectivity index (χ4v) is 3.50. The monoisotopic (exact) mass is 312 g/mol. The fraction of sp³-hybridized carbons (Fsp3) is 0.235. The predicted molar refractivity (Wildman–Crippen MR) is 88.3 cm³/mol. The first-order valence-corrected chi connectivity index (χ1v) is 8.05. The zero-order valence-electron chi connectivity index (χ0n) is 12.5. The predicted octanol–water partition coefficient (Wildman–Crippen LogP) is 3.34. The molecule has 0 saturated carbocycles. The minimum atomic E-state index is -0.0274. The molecule has 4 nitrogen and oxygen atoms in total. The number of amides is 1. The summed E-state index contributed by atoms with van der Waals surface area (Å²) in [5.41, 5.74) is 3.33. The molecular formula is C17H16N2O2S. The number of carbonyl (C=O) groups is 2. The van der Waals surface area contributed by atoms with Gasteiger partial charge in [-0.15, -0.1) is 11.3 Å². The molecule has 5 heteroatoms. The van der Waals surface area contributed by atoms with E-state index in [2.05, 4.69) is 4.98 Å². The number of nitrogens with zero attached hydrogens (tertiary/aromatic N) is 2. The van der Waals surface area contributed by atoms with Crippen molar-refractivity contribution in [2.75, 3.05) is 11.4 Å². The highest BCUT2D eigenvalue weighted by Gasteiger charge is 2.24. The number of benzene rings is 1. The lowest BCUT2D eigenvalue weighted by Crippen LogP contribution is -2.27. The summed E-state index contributed by atoms with van der Waals surface area (Å²) in [6.07, 6.45) is 2.47. The van der Waals surface area contributed by atoms with Crippen LogP contribution in [-0.4, -0.2) is 23.2 Å². The van der Waals surface area contributed by atoms with Gasteiger partial charge in [0.15, 0.2) is 10.9 Å². The van der Waals surface area contributed by atoms with Gasteiger partial charge in [0.25, 0.3) is 0 Å². The molecule has 0 N–H and O–H groups in total. The van der Waals surface area contributed by atoms with Crippen LogP contribution in [0.3, 0.4) is 0 Å². The maximum absolute atomic E-state index is 12.3. The van der Waals surface area contributed by atoms with Gasteiger partial charge in [0, 0.05) is 36.4 Å². The van der Waals surface area contributed by atoms with Gasteiger partial charge in [0.05, 0.1) is 5.69 Å². The van der Waals surface area contributed by atoms with E-state index in [1.165, 1.54) is 18.3 Å². The molecule has 3 rings (SSSR count). The van der Waals surface area contributed by atoms with Crippen molar-refractivity contribution in [3.05, 3.63) is 52.0 Å². The lowest BCUT2D eigenvalue weighted by molar-refractivity contribution is -0.116. The van der Waals surface area contributed by atoms with E-state index in [1.54, 1.807) is 4.90 Å². The van der Waals surface area contributed by atoms with Crippen molar-refractivity contribution >= 4 is 34.2 Å². The number of allylic oxidation sites excluding steroid dienone is 1. The first kappa shape index (κ1) is 14.7. The van der Waals surface area contributed by atoms with Gasteiger partial charge in [-0.05, 0) is 18.6 Å². The molecular weight excluding hydrogens is 296 g/mol. The molecule has 0 unspecified atom stereocenters. The van der Waals surface area contributed by atoms with E-state index >= 15 is 0 Å². The summed E-state index contributed by atoms with van der Waals surface area (Å²) in [6, 6.07) is 7.67. The summed E-state index contributed by atoms with van der Waals surface area (Å²) in [5.74, 6) is 0.0458. The Kier molecular flexibility index (Phi) is 3.90. The molecule has 0 bridgehead atoms. The van der Waals surface area contributed by atoms with Crippen LogP contribution in [0.15, 0.2) is 35.2 Å². The van der Waals surface area contributed by atoms with Crippen LogP contribution in [0, 0.1) is 0 Å². The number of hydrogen-bond acceptors (Lipinski definition) is 4. The fourth-order valence-electron chi connectivity index (χ4n) is 2.61. The van der Waals surface area contributed by atoms with Gasteiger partial charge in [-0.25, -0.2) is 4.98 Å². The quantitative estimate of drug-likeness (QED) is 0.817. The van der Waals surface area contributed by atoms with E-state index in [0.29, 0.717) is 18.1 Å². The summed E-state index contributed by atoms with van der Waals surface area (Å²) in [7, 11) is 0. The second-order valence-electron chi connectivity index (χ2n) is 5.15. The van der Waals surface area contributed by atoms with Crippen molar-refractivity contribution < 1.29 is 9.59 Å². The molecule has 0 fully saturated rings. The van der Waals surface area contributed by atoms with Crippen LogP contribution in [0.1, 0.15) is 35.5 Å². The Bertz CT molecular complexity index is 776. The number of Topliss-reactive ketones (excluding diaryl/α,β-unsaturated/α-hetero) is 1. The van der Waals surface area contributed by atoms with Crippen molar-refractivity contribution in [2.24, 2.45) is 0 Å². The molecule has 0 aliphatic heterocycles. The number of anilines is 1. The van der Waals surface area contributed by atoms with Crippen LogP contribution in [0.5, 0.6) is 0 Å². The standard InChI is InChI=1S/C17H16N2O2S/c1-3-19(11(2)20)17-18-14(10-22-17)9-13-8-12-6-4-5-7-15(12)16(13)21/h4-7,9-10H,3,8H2,1-2H3/b13-9+. The summed E-state index contributed by atoms with van der Waals surface area (Å²) in [6.45, 7) is 4.03. The molecule has 1 heterocycles. The lowest BCUT2D eigenvalue weighted by Gasteiger charge is -2.14. The van der Waals surface area contributed by atoms with E-state index in [4.69, 9.17) is 0 Å². The number of aromatic nitrogens is 1. The molecule has 22 heavy (non-hydrogen) atoms. The van der Waals surface area contributed by atoms with Crippen LogP contribution in [0.2, 0.25) is 0 Å². The van der Waals surface area contributed by atoms with Gasteiger partial charge in [0.2, 0.25) is 5.91 Å². The van der Waals surface area contributed by atoms with Crippen LogP contribution in [-0.2, 0) is 11.2 Å². The maximum Gasteiger partial charge on any atom is 0.225 e. The molecule has 0 spiro atoms. The Morgan fingerprint density at radius 2 is 2.18 bits per heavy atom. The molecule has 1 amide bonds. The zero-order chi connectivity index (χ0) is 15.7. The average molecular weight is 312 g/mol. The van der Waals surface area contributed by atoms with E-state index in [1.807, 2.05) is 42.6 Å². The van der Waals surface area contributed by atoms with Crippen molar-refractivity contribution in [1.29, 1.82) is 0 Å². The van der Waals surface area contributed by atoms with Crippen molar-refractivity contribution in [3.63, 3.8) is 0 Å². The summed E-state index contributed by atoms with van der Waals surface area (Å²) >= 11 is 1.42. The van der Waals surface area contributed by atoms with Gasteiger partial charge in [-0.1, -0.05) is 24.3 Å². The van der Waals surface area contributed by atoms with Gasteiger partial charge >= 0.3 is 0 Å². The average Bonchev–Trinajstić information content (AvgIpc) is 3.06. The van der Waals surface area contributed by atoms with Crippen LogP contribution in [0.4, 0.5) is 5.13 Å². The highest BCUT2D eigenvalue weighted by molar-refractivity contribution is 7.14. The summed E-state index contributed by atoms with van der Waals surface area (Å²) < 4.78 is 0. The molecule has 2 aromatic rings. The van der Waals surface area contributed by atoms with Crippen LogP contribution < -0.4 is 4.90 Å².